The maximum absolute atomic E-state index is 12.8. The molecule has 2 heterocycles. The normalized spacial score (nSPS) is 13.2. The lowest BCUT2D eigenvalue weighted by molar-refractivity contribution is -0.145. The molecule has 0 spiro atoms. The van der Waals surface area contributed by atoms with Gasteiger partial charge in [0, 0.05) is 50.5 Å². The minimum atomic E-state index is -0.108. The molecule has 1 aromatic carbocycles. The minimum Gasteiger partial charge on any atom is -0.464 e. The fraction of sp³-hybridized carbons (Fsp3) is 0.649. The van der Waals surface area contributed by atoms with E-state index in [4.69, 9.17) is 4.74 Å². The van der Waals surface area contributed by atoms with Crippen LogP contribution in [0.3, 0.4) is 0 Å². The van der Waals surface area contributed by atoms with Crippen LogP contribution in [-0.4, -0.2) is 104 Å². The molecule has 0 aliphatic rings. The van der Waals surface area contributed by atoms with Crippen molar-refractivity contribution in [3.8, 4) is 0 Å². The monoisotopic (exact) mass is 650 g/mol. The van der Waals surface area contributed by atoms with Crippen LogP contribution < -0.4 is 0 Å². The zero-order valence-corrected chi connectivity index (χ0v) is 30.1. The molecule has 2 unspecified atom stereocenters. The summed E-state index contributed by atoms with van der Waals surface area (Å²) < 4.78 is 5.70. The lowest BCUT2D eigenvalue weighted by Gasteiger charge is -2.27. The number of ether oxygens (including phenoxy) is 1. The van der Waals surface area contributed by atoms with Crippen molar-refractivity contribution in [1.29, 1.82) is 0 Å². The van der Waals surface area contributed by atoms with Gasteiger partial charge in [0.2, 0.25) is 0 Å². The molecule has 47 heavy (non-hydrogen) atoms. The van der Waals surface area contributed by atoms with Crippen LogP contribution in [-0.2, 0) is 29.2 Å². The number of nitrogens with one attached hydrogen (secondary N) is 2. The SMILES string of the molecule is CCCN(CCC)CCCCN(CCC(=O)OCC(C)N(CC)CC)Cc1ccc(CN(Cc2ncc[nH]2)C(C)c2ncc[nH]2)cc1. The zero-order valence-electron chi connectivity index (χ0n) is 30.1. The van der Waals surface area contributed by atoms with Crippen molar-refractivity contribution in [3.63, 3.8) is 0 Å². The number of hydrogen-bond acceptors (Lipinski definition) is 8. The van der Waals surface area contributed by atoms with Gasteiger partial charge in [-0.3, -0.25) is 19.5 Å². The quantitative estimate of drug-likeness (QED) is 0.0819. The van der Waals surface area contributed by atoms with Crippen molar-refractivity contribution in [2.24, 2.45) is 0 Å². The Labute approximate surface area is 284 Å². The van der Waals surface area contributed by atoms with Gasteiger partial charge in [0.15, 0.2) is 0 Å². The fourth-order valence-electron chi connectivity index (χ4n) is 6.22. The van der Waals surface area contributed by atoms with Gasteiger partial charge >= 0.3 is 5.97 Å². The van der Waals surface area contributed by atoms with Gasteiger partial charge in [-0.05, 0) is 89.9 Å². The summed E-state index contributed by atoms with van der Waals surface area (Å²) in [6.45, 7) is 22.9. The van der Waals surface area contributed by atoms with Crippen LogP contribution in [0.5, 0.6) is 0 Å². The van der Waals surface area contributed by atoms with Crippen LogP contribution >= 0.6 is 0 Å². The maximum Gasteiger partial charge on any atom is 0.307 e. The highest BCUT2D eigenvalue weighted by atomic mass is 16.5. The van der Waals surface area contributed by atoms with Gasteiger partial charge in [0.05, 0.1) is 19.0 Å². The van der Waals surface area contributed by atoms with Gasteiger partial charge in [0.1, 0.15) is 18.3 Å². The number of rotatable bonds is 25. The average molecular weight is 651 g/mol. The van der Waals surface area contributed by atoms with Crippen LogP contribution in [0.1, 0.15) is 102 Å². The molecule has 0 amide bonds. The summed E-state index contributed by atoms with van der Waals surface area (Å²) in [6.07, 6.45) is 12.4. The number of nitrogens with zero attached hydrogens (tertiary/aromatic N) is 6. The van der Waals surface area contributed by atoms with Gasteiger partial charge in [0.25, 0.3) is 0 Å². The number of H-pyrrole nitrogens is 2. The molecule has 3 aromatic rings. The molecule has 0 aliphatic carbocycles. The first-order valence-corrected chi connectivity index (χ1v) is 18.0. The first-order chi connectivity index (χ1) is 22.9. The van der Waals surface area contributed by atoms with E-state index >= 15 is 0 Å². The molecule has 0 fully saturated rings. The van der Waals surface area contributed by atoms with E-state index in [1.807, 2.05) is 12.4 Å². The van der Waals surface area contributed by atoms with Crippen molar-refractivity contribution in [2.75, 3.05) is 52.4 Å². The molecule has 0 radical (unpaired) electrons. The molecule has 3 rings (SSSR count). The highest BCUT2D eigenvalue weighted by Crippen LogP contribution is 2.22. The molecule has 2 aromatic heterocycles. The zero-order chi connectivity index (χ0) is 33.9. The number of carbonyl (C=O) groups excluding carboxylic acids is 1. The van der Waals surface area contributed by atoms with Crippen LogP contribution in [0.25, 0.3) is 0 Å². The highest BCUT2D eigenvalue weighted by molar-refractivity contribution is 5.69. The second-order valence-corrected chi connectivity index (χ2v) is 12.7. The topological polar surface area (TPSA) is 96.6 Å². The van der Waals surface area contributed by atoms with Crippen LogP contribution in [0.4, 0.5) is 0 Å². The number of benzene rings is 1. The fourth-order valence-corrected chi connectivity index (χ4v) is 6.22. The van der Waals surface area contributed by atoms with Crippen molar-refractivity contribution in [2.45, 2.75) is 105 Å². The summed E-state index contributed by atoms with van der Waals surface area (Å²) in [7, 11) is 0. The van der Waals surface area contributed by atoms with E-state index in [0.29, 0.717) is 26.1 Å². The Morgan fingerprint density at radius 2 is 1.36 bits per heavy atom. The highest BCUT2D eigenvalue weighted by Gasteiger charge is 2.20. The summed E-state index contributed by atoms with van der Waals surface area (Å²) in [5.74, 6) is 1.77. The first kappa shape index (κ1) is 38.4. The Kier molecular flexibility index (Phi) is 17.8. The number of unbranched alkanes of at least 4 members (excludes halogenated alkanes) is 1. The molecule has 0 bridgehead atoms. The Balaban J connectivity index is 1.61. The summed E-state index contributed by atoms with van der Waals surface area (Å²) in [4.78, 5) is 37.9. The number of aromatic nitrogens is 4. The standard InChI is InChI=1S/C37H62N8O2/c1-7-22-42(23-8-2)24-11-12-25-43(26-17-36(46)47-30-31(5)44(9-3)10-4)27-33-13-15-34(16-14-33)28-45(29-35-38-18-19-39-35)32(6)37-40-20-21-41-37/h13-16,18-21,31-32H,7-12,17,22-30H2,1-6H3,(H,38,39)(H,40,41). The lowest BCUT2D eigenvalue weighted by Crippen LogP contribution is -2.37. The molecular formula is C37H62N8O2. The first-order valence-electron chi connectivity index (χ1n) is 18.0. The summed E-state index contributed by atoms with van der Waals surface area (Å²) >= 11 is 0. The second kappa shape index (κ2) is 21.8. The molecular weight excluding hydrogens is 588 g/mol. The molecule has 10 heteroatoms. The summed E-state index contributed by atoms with van der Waals surface area (Å²) in [6, 6.07) is 9.26. The molecule has 2 N–H and O–H groups in total. The number of esters is 1. The maximum atomic E-state index is 12.8. The van der Waals surface area contributed by atoms with E-state index in [2.05, 4.69) is 105 Å². The number of imidazole rings is 2. The van der Waals surface area contributed by atoms with E-state index in [0.717, 1.165) is 57.3 Å². The van der Waals surface area contributed by atoms with Crippen molar-refractivity contribution < 1.29 is 9.53 Å². The van der Waals surface area contributed by atoms with Gasteiger partial charge in [-0.1, -0.05) is 52.0 Å². The Morgan fingerprint density at radius 3 is 1.94 bits per heavy atom. The molecule has 262 valence electrons. The van der Waals surface area contributed by atoms with Crippen molar-refractivity contribution in [1.82, 2.24) is 39.5 Å². The van der Waals surface area contributed by atoms with E-state index < -0.39 is 0 Å². The van der Waals surface area contributed by atoms with E-state index in [1.165, 1.54) is 43.5 Å². The Bertz CT molecular complexity index is 1190. The third-order valence-electron chi connectivity index (χ3n) is 9.02. The van der Waals surface area contributed by atoms with E-state index in [9.17, 15) is 4.79 Å². The largest absolute Gasteiger partial charge is 0.464 e. The second-order valence-electron chi connectivity index (χ2n) is 12.7. The molecule has 0 aliphatic heterocycles. The molecule has 0 saturated heterocycles. The predicted octanol–water partition coefficient (Wildman–Crippen LogP) is 6.26. The van der Waals surface area contributed by atoms with Gasteiger partial charge < -0.3 is 19.6 Å². The van der Waals surface area contributed by atoms with E-state index in [1.54, 1.807) is 12.4 Å². The Morgan fingerprint density at radius 1 is 0.745 bits per heavy atom. The predicted molar refractivity (Wildman–Crippen MR) is 191 cm³/mol. The van der Waals surface area contributed by atoms with E-state index in [-0.39, 0.29) is 18.1 Å². The molecule has 0 saturated carbocycles. The van der Waals surface area contributed by atoms with Crippen molar-refractivity contribution in [3.05, 3.63) is 71.8 Å². The number of hydrogen-bond donors (Lipinski definition) is 2. The minimum absolute atomic E-state index is 0.102. The molecule has 10 nitrogen and oxygen atoms in total. The van der Waals surface area contributed by atoms with Crippen molar-refractivity contribution >= 4 is 5.97 Å². The number of aromatic amines is 2. The van der Waals surface area contributed by atoms with Gasteiger partial charge in [-0.2, -0.15) is 0 Å². The van der Waals surface area contributed by atoms with Gasteiger partial charge in [-0.15, -0.1) is 0 Å². The van der Waals surface area contributed by atoms with Crippen LogP contribution in [0.2, 0.25) is 0 Å². The lowest BCUT2D eigenvalue weighted by atomic mass is 10.1. The average Bonchev–Trinajstić information content (AvgIpc) is 3.81. The third kappa shape index (κ3) is 13.9. The van der Waals surface area contributed by atoms with Crippen LogP contribution in [0.15, 0.2) is 49.1 Å². The van der Waals surface area contributed by atoms with Crippen LogP contribution in [0, 0.1) is 0 Å². The Hall–Kier alpha value is -3.05. The third-order valence-corrected chi connectivity index (χ3v) is 9.02. The molecule has 2 atom stereocenters. The summed E-state index contributed by atoms with van der Waals surface area (Å²) in [5.41, 5.74) is 2.50. The number of likely N-dealkylation sites (N-methyl/N-ethyl adjacent to an activating group) is 1. The van der Waals surface area contributed by atoms with Gasteiger partial charge in [-0.25, -0.2) is 9.97 Å². The smallest absolute Gasteiger partial charge is 0.307 e. The number of carbonyl (C=O) groups is 1. The summed E-state index contributed by atoms with van der Waals surface area (Å²) in [5, 5.41) is 0.